The molecule has 25 nitrogen and oxygen atoms in total. The van der Waals surface area contributed by atoms with Gasteiger partial charge in [0.05, 0.1) is 39.1 Å². The molecule has 4 aromatic heterocycles. The Morgan fingerprint density at radius 1 is 0.373 bits per heavy atom. The smallest absolute Gasteiger partial charge is 0.410 e. The molecule has 8 heterocycles. The first kappa shape index (κ1) is 93.7. The minimum atomic E-state index is -3.82. The van der Waals surface area contributed by atoms with Crippen LogP contribution in [0.25, 0.3) is 0 Å². The summed E-state index contributed by atoms with van der Waals surface area (Å²) in [4.78, 5) is 85.9. The molecule has 0 radical (unpaired) electrons. The van der Waals surface area contributed by atoms with Crippen LogP contribution in [-0.4, -0.2) is 198 Å². The fourth-order valence-corrected chi connectivity index (χ4v) is 13.5. The highest BCUT2D eigenvalue weighted by Crippen LogP contribution is 2.29. The molecule has 4 aliphatic rings. The number of thiol groups is 1. The Morgan fingerprint density at radius 3 is 0.909 bits per heavy atom. The summed E-state index contributed by atoms with van der Waals surface area (Å²) in [5.74, 6) is 0.806. The Labute approximate surface area is 668 Å². The number of amides is 3. The van der Waals surface area contributed by atoms with E-state index in [2.05, 4.69) is 78.2 Å². The van der Waals surface area contributed by atoms with Crippen molar-refractivity contribution in [2.24, 2.45) is 0 Å². The van der Waals surface area contributed by atoms with Gasteiger partial charge in [0, 0.05) is 131 Å². The Kier molecular flexibility index (Phi) is 36.3. The topological polar surface area (TPSA) is 273 Å². The largest absolute Gasteiger partial charge is 0.444 e. The zero-order valence-corrected chi connectivity index (χ0v) is 66.4. The van der Waals surface area contributed by atoms with Crippen LogP contribution in [0.3, 0.4) is 0 Å². The summed E-state index contributed by atoms with van der Waals surface area (Å²) < 4.78 is 118. The summed E-state index contributed by atoms with van der Waals surface area (Å²) in [5, 5.41) is 0. The van der Waals surface area contributed by atoms with E-state index in [1.807, 2.05) is 72.1 Å². The molecule has 0 saturated carbocycles. The van der Waals surface area contributed by atoms with Crippen molar-refractivity contribution in [2.45, 2.75) is 155 Å². The van der Waals surface area contributed by atoms with Crippen LogP contribution >= 0.6 is 52.7 Å². The lowest BCUT2D eigenvalue weighted by molar-refractivity contribution is 0.0229. The predicted molar refractivity (Wildman–Crippen MR) is 427 cm³/mol. The summed E-state index contributed by atoms with van der Waals surface area (Å²) in [6.45, 7) is 25.5. The average molecular weight is 1690 g/mol. The van der Waals surface area contributed by atoms with Crippen LogP contribution in [0.2, 0.25) is 0 Å². The van der Waals surface area contributed by atoms with E-state index in [1.165, 1.54) is 91.5 Å². The van der Waals surface area contributed by atoms with Gasteiger partial charge in [-0.25, -0.2) is 88.7 Å². The molecule has 0 bridgehead atoms. The maximum absolute atomic E-state index is 13.0. The van der Waals surface area contributed by atoms with Crippen LogP contribution in [0, 0.1) is 23.3 Å². The fourth-order valence-electron chi connectivity index (χ4n) is 10.1. The van der Waals surface area contributed by atoms with Crippen molar-refractivity contribution in [1.29, 1.82) is 0 Å². The van der Waals surface area contributed by atoms with Gasteiger partial charge in [-0.05, 0) is 195 Å². The first-order chi connectivity index (χ1) is 50.1. The highest BCUT2D eigenvalue weighted by atomic mass is 79.9. The monoisotopic (exact) mass is 1690 g/mol. The summed E-state index contributed by atoms with van der Waals surface area (Å²) >= 11 is 8.76. The minimum Gasteiger partial charge on any atom is -0.444 e. The maximum Gasteiger partial charge on any atom is 0.410 e. The molecule has 0 spiro atoms. The van der Waals surface area contributed by atoms with Crippen LogP contribution in [0.1, 0.15) is 104 Å². The SMILES string of the molecule is C.C.C.CC(C)(C)OC(=O)N1CCN(c2ncc(Br)cn2)CC1.CC(C)(C)OC(=O)N1CCN(c2ncc(S(=O)(=O)c3ccc(F)cc3)cn2)CC1.CC(C)(C)OC(=O)N1CCN(c2ncc(Sc3ccc(F)cc3)cn2)CC1.Cl.Fc1ccc(S)cc1.O=S(=O)(c1ccc(F)cc1)c1cnc(N2CCCCC2)nc1. The number of halogens is 6. The number of aromatic nitrogens is 8. The van der Waals surface area contributed by atoms with Gasteiger partial charge in [-0.2, -0.15) is 0 Å². The lowest BCUT2D eigenvalue weighted by atomic mass is 10.1. The third-order valence-electron chi connectivity index (χ3n) is 15.5. The lowest BCUT2D eigenvalue weighted by Crippen LogP contribution is -2.50. The molecular formula is C75H99BrClF4N15O10S4. The van der Waals surface area contributed by atoms with Gasteiger partial charge < -0.3 is 48.5 Å². The fraction of sp³-hybridized carbons (Fsp3) is 0.427. The highest BCUT2D eigenvalue weighted by molar-refractivity contribution is 9.10. The molecule has 4 aliphatic heterocycles. The Bertz CT molecular complexity index is 4350. The van der Waals surface area contributed by atoms with E-state index in [0.717, 1.165) is 69.4 Å². The number of sulfone groups is 2. The van der Waals surface area contributed by atoms with Crippen molar-refractivity contribution >= 4 is 114 Å². The van der Waals surface area contributed by atoms with Crippen LogP contribution in [0.15, 0.2) is 185 Å². The standard InChI is InChI=1S/C19H23FN4O4S.C19H23FN4O2S.C15H16FN3O2S.C13H19BrN4O2.C6H5FS.3CH4.ClH/c1-19(2,3)28-18(25)24-10-8-23(9-11-24)17-21-12-16(13-22-17)29(26,27)15-6-4-14(20)5-7-15;1-19(2,3)26-18(25)24-10-8-23(9-11-24)17-21-12-16(13-22-17)27-15-6-4-14(20)5-7-15;16-12-4-6-13(7-5-12)22(20,21)14-10-17-15(18-11-14)19-8-2-1-3-9-19;1-13(2,3)20-12(19)18-6-4-17(5-7-18)11-15-8-10(14)9-16-11;7-5-1-3-6(8)4-2-5;;;;/h4-7,12-13H,8-11H2,1-3H3;4-7,12-13H,8-11H2,1-3H3;4-7,10-11H,1-3,8-9H2;8-9H,4-7H2,1-3H3;1-4,8H;3*1H4;1H. The number of piperidine rings is 1. The van der Waals surface area contributed by atoms with E-state index in [9.17, 15) is 48.8 Å². The third kappa shape index (κ3) is 29.5. The Hall–Kier alpha value is -8.70. The van der Waals surface area contributed by atoms with Crippen molar-refractivity contribution in [3.8, 4) is 0 Å². The molecule has 0 unspecified atom stereocenters. The number of rotatable bonds is 10. The molecule has 8 aromatic rings. The zero-order valence-electron chi connectivity index (χ0n) is 60.6. The van der Waals surface area contributed by atoms with E-state index in [1.54, 1.807) is 63.8 Å². The minimum absolute atomic E-state index is 0. The van der Waals surface area contributed by atoms with Gasteiger partial charge in [-0.15, -0.1) is 25.0 Å². The second-order valence-corrected chi connectivity index (χ2v) is 33.7. The third-order valence-corrected chi connectivity index (χ3v) is 20.6. The number of carbonyl (C=O) groups is 3. The number of anilines is 4. The van der Waals surface area contributed by atoms with E-state index in [4.69, 9.17) is 14.2 Å². The van der Waals surface area contributed by atoms with Gasteiger partial charge >= 0.3 is 18.3 Å². The van der Waals surface area contributed by atoms with Crippen molar-refractivity contribution in [1.82, 2.24) is 54.6 Å². The number of ether oxygens (including phenoxy) is 3. The van der Waals surface area contributed by atoms with Crippen molar-refractivity contribution < 1.29 is 63.0 Å². The quantitative estimate of drug-likeness (QED) is 0.0576. The predicted octanol–water partition coefficient (Wildman–Crippen LogP) is 15.5. The van der Waals surface area contributed by atoms with Crippen LogP contribution in [0.5, 0.6) is 0 Å². The van der Waals surface area contributed by atoms with Gasteiger partial charge in [0.2, 0.25) is 43.5 Å². The molecule has 110 heavy (non-hydrogen) atoms. The second kappa shape index (κ2) is 42.6. The molecule has 4 fully saturated rings. The molecule has 3 amide bonds. The van der Waals surface area contributed by atoms with Gasteiger partial charge in [-0.1, -0.05) is 34.0 Å². The maximum atomic E-state index is 13.0. The molecule has 12 rings (SSSR count). The number of piperazine rings is 3. The number of benzene rings is 4. The summed E-state index contributed by atoms with van der Waals surface area (Å²) in [7, 11) is -7.53. The highest BCUT2D eigenvalue weighted by Gasteiger charge is 2.31. The average Bonchev–Trinajstić information content (AvgIpc) is 0.800. The normalized spacial score (nSPS) is 14.5. The van der Waals surface area contributed by atoms with E-state index in [0.29, 0.717) is 102 Å². The van der Waals surface area contributed by atoms with Gasteiger partial charge in [-0.3, -0.25) is 0 Å². The first-order valence-electron chi connectivity index (χ1n) is 33.8. The number of carbonyl (C=O) groups excluding carboxylic acids is 3. The van der Waals surface area contributed by atoms with Crippen LogP contribution in [0.4, 0.5) is 55.7 Å². The number of nitrogens with zero attached hydrogens (tertiary/aromatic N) is 15. The molecule has 35 heteroatoms. The molecule has 600 valence electrons. The summed E-state index contributed by atoms with van der Waals surface area (Å²) in [5.41, 5.74) is -1.50. The Balaban J connectivity index is 0.000000298. The molecule has 0 aliphatic carbocycles. The van der Waals surface area contributed by atoms with Gasteiger partial charge in [0.25, 0.3) is 0 Å². The van der Waals surface area contributed by atoms with E-state index < -0.39 is 48.1 Å². The van der Waals surface area contributed by atoms with E-state index >= 15 is 0 Å². The second-order valence-electron chi connectivity index (χ2n) is 27.2. The van der Waals surface area contributed by atoms with Crippen molar-refractivity contribution in [3.63, 3.8) is 0 Å². The molecular weight excluding hydrogens is 1590 g/mol. The van der Waals surface area contributed by atoms with Gasteiger partial charge in [0.1, 0.15) is 49.9 Å². The molecule has 4 saturated heterocycles. The molecule has 0 atom stereocenters. The van der Waals surface area contributed by atoms with E-state index in [-0.39, 0.29) is 84.2 Å². The summed E-state index contributed by atoms with van der Waals surface area (Å²) in [6.07, 6.45) is 14.6. The number of hydrogen-bond donors (Lipinski definition) is 1. The first-order valence-corrected chi connectivity index (χ1v) is 38.9. The summed E-state index contributed by atoms with van der Waals surface area (Å²) in [6, 6.07) is 21.6. The van der Waals surface area contributed by atoms with Gasteiger partial charge in [0.15, 0.2) is 0 Å². The van der Waals surface area contributed by atoms with Crippen LogP contribution < -0.4 is 19.6 Å². The number of hydrogen-bond acceptors (Lipinski definition) is 24. The van der Waals surface area contributed by atoms with Crippen molar-refractivity contribution in [2.75, 3.05) is 111 Å². The lowest BCUT2D eigenvalue weighted by Gasteiger charge is -2.35. The van der Waals surface area contributed by atoms with Crippen LogP contribution in [-0.2, 0) is 33.9 Å². The van der Waals surface area contributed by atoms with Crippen molar-refractivity contribution in [3.05, 3.63) is 174 Å². The zero-order chi connectivity index (χ0) is 77.0. The Morgan fingerprint density at radius 2 is 0.627 bits per heavy atom. The molecule has 0 N–H and O–H groups in total. The molecule has 4 aromatic carbocycles.